The van der Waals surface area contributed by atoms with E-state index in [1.165, 1.54) is 0 Å². The van der Waals surface area contributed by atoms with Gasteiger partial charge in [0.2, 0.25) is 5.91 Å². The van der Waals surface area contributed by atoms with E-state index in [1.54, 1.807) is 0 Å². The number of halogens is 1. The second-order valence-electron chi connectivity index (χ2n) is 2.87. The molecule has 1 aromatic rings. The van der Waals surface area contributed by atoms with Gasteiger partial charge in [-0.1, -0.05) is 22.9 Å². The van der Waals surface area contributed by atoms with Gasteiger partial charge in [0.1, 0.15) is 0 Å². The van der Waals surface area contributed by atoms with E-state index < -0.39 is 0 Å². The summed E-state index contributed by atoms with van der Waals surface area (Å²) in [5, 5.41) is 2.80. The SMILES string of the molecule is CCC(=O)Nc1ccc(Br)c(C)c1. The first-order valence-electron chi connectivity index (χ1n) is 4.19. The first-order chi connectivity index (χ1) is 6.13. The van der Waals surface area contributed by atoms with Crippen molar-refractivity contribution in [2.24, 2.45) is 0 Å². The van der Waals surface area contributed by atoms with Gasteiger partial charge in [0, 0.05) is 16.6 Å². The van der Waals surface area contributed by atoms with Crippen LogP contribution in [0.15, 0.2) is 22.7 Å². The van der Waals surface area contributed by atoms with Crippen molar-refractivity contribution in [2.75, 3.05) is 5.32 Å². The molecule has 0 aliphatic rings. The Hall–Kier alpha value is -0.830. The number of aryl methyl sites for hydroxylation is 1. The number of carbonyl (C=O) groups is 1. The predicted molar refractivity (Wildman–Crippen MR) is 57.8 cm³/mol. The van der Waals surface area contributed by atoms with E-state index in [9.17, 15) is 4.79 Å². The third kappa shape index (κ3) is 2.84. The summed E-state index contributed by atoms with van der Waals surface area (Å²) < 4.78 is 1.06. The number of hydrogen-bond donors (Lipinski definition) is 1. The fourth-order valence-electron chi connectivity index (χ4n) is 0.972. The molecular formula is C10H12BrNO. The second kappa shape index (κ2) is 4.42. The van der Waals surface area contributed by atoms with Gasteiger partial charge in [-0.05, 0) is 30.7 Å². The average molecular weight is 242 g/mol. The van der Waals surface area contributed by atoms with Crippen LogP contribution in [-0.4, -0.2) is 5.91 Å². The summed E-state index contributed by atoms with van der Waals surface area (Å²) in [5.74, 6) is 0.0433. The van der Waals surface area contributed by atoms with Crippen LogP contribution in [0.25, 0.3) is 0 Å². The molecule has 0 saturated heterocycles. The highest BCUT2D eigenvalue weighted by Gasteiger charge is 2.00. The van der Waals surface area contributed by atoms with Crippen LogP contribution in [-0.2, 0) is 4.79 Å². The molecule has 3 heteroatoms. The predicted octanol–water partition coefficient (Wildman–Crippen LogP) is 3.11. The van der Waals surface area contributed by atoms with Crippen molar-refractivity contribution in [1.82, 2.24) is 0 Å². The number of amides is 1. The molecule has 1 rings (SSSR count). The quantitative estimate of drug-likeness (QED) is 0.848. The summed E-state index contributed by atoms with van der Waals surface area (Å²) in [5.41, 5.74) is 1.97. The zero-order valence-electron chi connectivity index (χ0n) is 7.73. The molecule has 1 aromatic carbocycles. The van der Waals surface area contributed by atoms with Crippen LogP contribution in [0.3, 0.4) is 0 Å². The van der Waals surface area contributed by atoms with Crippen molar-refractivity contribution < 1.29 is 4.79 Å². The Morgan fingerprint density at radius 1 is 1.54 bits per heavy atom. The first kappa shape index (κ1) is 10.3. The largest absolute Gasteiger partial charge is 0.326 e. The Morgan fingerprint density at radius 3 is 2.77 bits per heavy atom. The highest BCUT2D eigenvalue weighted by molar-refractivity contribution is 9.10. The minimum atomic E-state index is 0.0433. The molecule has 0 radical (unpaired) electrons. The summed E-state index contributed by atoms with van der Waals surface area (Å²) in [6, 6.07) is 5.75. The molecule has 2 nitrogen and oxygen atoms in total. The number of hydrogen-bond acceptors (Lipinski definition) is 1. The fraction of sp³-hybridized carbons (Fsp3) is 0.300. The van der Waals surface area contributed by atoms with E-state index in [1.807, 2.05) is 32.0 Å². The summed E-state index contributed by atoms with van der Waals surface area (Å²) >= 11 is 3.40. The Balaban J connectivity index is 2.79. The Labute approximate surface area is 86.5 Å². The fourth-order valence-corrected chi connectivity index (χ4v) is 1.22. The molecule has 1 amide bonds. The minimum Gasteiger partial charge on any atom is -0.326 e. The lowest BCUT2D eigenvalue weighted by Crippen LogP contribution is -2.09. The van der Waals surface area contributed by atoms with Crippen LogP contribution in [0.2, 0.25) is 0 Å². The van der Waals surface area contributed by atoms with E-state index in [2.05, 4.69) is 21.2 Å². The van der Waals surface area contributed by atoms with Crippen LogP contribution < -0.4 is 5.32 Å². The molecule has 0 atom stereocenters. The smallest absolute Gasteiger partial charge is 0.224 e. The summed E-state index contributed by atoms with van der Waals surface area (Å²) in [7, 11) is 0. The topological polar surface area (TPSA) is 29.1 Å². The van der Waals surface area contributed by atoms with Gasteiger partial charge in [-0.25, -0.2) is 0 Å². The summed E-state index contributed by atoms with van der Waals surface area (Å²) in [6.45, 7) is 3.83. The van der Waals surface area contributed by atoms with Gasteiger partial charge in [0.05, 0.1) is 0 Å². The molecule has 0 aromatic heterocycles. The number of benzene rings is 1. The molecule has 70 valence electrons. The Bertz CT molecular complexity index is 323. The molecule has 0 bridgehead atoms. The van der Waals surface area contributed by atoms with Crippen LogP contribution >= 0.6 is 15.9 Å². The first-order valence-corrected chi connectivity index (χ1v) is 4.98. The third-order valence-electron chi connectivity index (χ3n) is 1.76. The van der Waals surface area contributed by atoms with Crippen molar-refractivity contribution >= 4 is 27.5 Å². The molecule has 0 heterocycles. The lowest BCUT2D eigenvalue weighted by Gasteiger charge is -2.05. The molecule has 1 N–H and O–H groups in total. The van der Waals surface area contributed by atoms with Crippen molar-refractivity contribution in [2.45, 2.75) is 20.3 Å². The summed E-state index contributed by atoms with van der Waals surface area (Å²) in [4.78, 5) is 11.1. The number of rotatable bonds is 2. The van der Waals surface area contributed by atoms with Gasteiger partial charge >= 0.3 is 0 Å². The van der Waals surface area contributed by atoms with Crippen LogP contribution in [0, 0.1) is 6.92 Å². The molecule has 0 unspecified atom stereocenters. The zero-order chi connectivity index (χ0) is 9.84. The second-order valence-corrected chi connectivity index (χ2v) is 3.72. The van der Waals surface area contributed by atoms with Crippen LogP contribution in [0.4, 0.5) is 5.69 Å². The number of anilines is 1. The zero-order valence-corrected chi connectivity index (χ0v) is 9.31. The molecule has 0 fully saturated rings. The van der Waals surface area contributed by atoms with E-state index >= 15 is 0 Å². The molecule has 0 spiro atoms. The molecule has 0 aliphatic carbocycles. The van der Waals surface area contributed by atoms with Crippen molar-refractivity contribution in [1.29, 1.82) is 0 Å². The lowest BCUT2D eigenvalue weighted by molar-refractivity contribution is -0.115. The maximum atomic E-state index is 11.1. The molecule has 13 heavy (non-hydrogen) atoms. The highest BCUT2D eigenvalue weighted by Crippen LogP contribution is 2.19. The number of carbonyl (C=O) groups excluding carboxylic acids is 1. The van der Waals surface area contributed by atoms with E-state index in [-0.39, 0.29) is 5.91 Å². The molecule has 0 saturated carbocycles. The highest BCUT2D eigenvalue weighted by atomic mass is 79.9. The normalized spacial score (nSPS) is 9.77. The van der Waals surface area contributed by atoms with Crippen LogP contribution in [0.5, 0.6) is 0 Å². The third-order valence-corrected chi connectivity index (χ3v) is 2.65. The van der Waals surface area contributed by atoms with Gasteiger partial charge in [-0.3, -0.25) is 4.79 Å². The molecule has 0 aliphatic heterocycles. The Kier molecular flexibility index (Phi) is 3.48. The minimum absolute atomic E-state index is 0.0433. The Morgan fingerprint density at radius 2 is 2.23 bits per heavy atom. The summed E-state index contributed by atoms with van der Waals surface area (Å²) in [6.07, 6.45) is 0.509. The van der Waals surface area contributed by atoms with Crippen LogP contribution in [0.1, 0.15) is 18.9 Å². The van der Waals surface area contributed by atoms with Gasteiger partial charge in [-0.15, -0.1) is 0 Å². The van der Waals surface area contributed by atoms with Gasteiger partial charge in [-0.2, -0.15) is 0 Å². The van der Waals surface area contributed by atoms with Gasteiger partial charge < -0.3 is 5.32 Å². The van der Waals surface area contributed by atoms with Crippen molar-refractivity contribution in [3.05, 3.63) is 28.2 Å². The maximum Gasteiger partial charge on any atom is 0.224 e. The average Bonchev–Trinajstić information content (AvgIpc) is 2.11. The monoisotopic (exact) mass is 241 g/mol. The van der Waals surface area contributed by atoms with E-state index in [0.29, 0.717) is 6.42 Å². The van der Waals surface area contributed by atoms with Gasteiger partial charge in [0.25, 0.3) is 0 Å². The molecular weight excluding hydrogens is 230 g/mol. The maximum absolute atomic E-state index is 11.1. The number of nitrogens with one attached hydrogen (secondary N) is 1. The standard InChI is InChI=1S/C10H12BrNO/c1-3-10(13)12-8-4-5-9(11)7(2)6-8/h4-6H,3H2,1-2H3,(H,12,13). The van der Waals surface area contributed by atoms with Gasteiger partial charge in [0.15, 0.2) is 0 Å². The van der Waals surface area contributed by atoms with E-state index in [0.717, 1.165) is 15.7 Å². The lowest BCUT2D eigenvalue weighted by atomic mass is 10.2. The van der Waals surface area contributed by atoms with E-state index in [4.69, 9.17) is 0 Å². The van der Waals surface area contributed by atoms with Crippen molar-refractivity contribution in [3.63, 3.8) is 0 Å². The van der Waals surface area contributed by atoms with Crippen molar-refractivity contribution in [3.8, 4) is 0 Å².